The van der Waals surface area contributed by atoms with E-state index in [1.807, 2.05) is 16.8 Å². The minimum absolute atomic E-state index is 0.0142. The number of aryl methyl sites for hydroxylation is 1. The topological polar surface area (TPSA) is 79.5 Å². The lowest BCUT2D eigenvalue weighted by molar-refractivity contribution is 0.155. The summed E-state index contributed by atoms with van der Waals surface area (Å²) >= 11 is 13.5. The highest BCUT2D eigenvalue weighted by Crippen LogP contribution is 2.29. The van der Waals surface area contributed by atoms with Gasteiger partial charge in [0.1, 0.15) is 22.5 Å². The van der Waals surface area contributed by atoms with Crippen LogP contribution in [-0.4, -0.2) is 20.1 Å². The molecule has 0 fully saturated rings. The molecule has 0 bridgehead atoms. The predicted octanol–water partition coefficient (Wildman–Crippen LogP) is 4.64. The van der Waals surface area contributed by atoms with Crippen molar-refractivity contribution in [1.29, 1.82) is 0 Å². The Morgan fingerprint density at radius 2 is 2.00 bits per heavy atom. The first-order chi connectivity index (χ1) is 12.3. The quantitative estimate of drug-likeness (QED) is 0.595. The molecule has 0 radical (unpaired) electrons. The number of sulfonamides is 1. The van der Waals surface area contributed by atoms with E-state index in [0.29, 0.717) is 16.3 Å². The molecule has 3 aromatic rings. The van der Waals surface area contributed by atoms with Gasteiger partial charge < -0.3 is 9.52 Å². The first kappa shape index (κ1) is 19.4. The standard InChI is InChI=1S/C17H15Cl2NO4S2/c1-10-6-17(13(19)7-12(10)18)26(22,23)20-8-14(21)16-3-2-15(24-16)11-4-5-25-9-11/h2-7,9,14,20-21H,8H2,1H3. The van der Waals surface area contributed by atoms with Crippen molar-refractivity contribution in [1.82, 2.24) is 4.72 Å². The van der Waals surface area contributed by atoms with E-state index in [0.717, 1.165) is 5.56 Å². The summed E-state index contributed by atoms with van der Waals surface area (Å²) in [5.41, 5.74) is 1.49. The first-order valence-corrected chi connectivity index (χ1v) is 10.7. The summed E-state index contributed by atoms with van der Waals surface area (Å²) in [6.07, 6.45) is -1.13. The molecule has 0 saturated heterocycles. The zero-order valence-corrected chi connectivity index (χ0v) is 16.7. The second-order valence-corrected chi connectivity index (χ2v) is 8.94. The molecule has 0 aliphatic rings. The van der Waals surface area contributed by atoms with Crippen LogP contribution in [0.1, 0.15) is 17.4 Å². The molecule has 26 heavy (non-hydrogen) atoms. The summed E-state index contributed by atoms with van der Waals surface area (Å²) < 4.78 is 32.9. The van der Waals surface area contributed by atoms with E-state index in [4.69, 9.17) is 27.6 Å². The van der Waals surface area contributed by atoms with Crippen molar-refractivity contribution in [2.75, 3.05) is 6.54 Å². The average molecular weight is 432 g/mol. The van der Waals surface area contributed by atoms with Crippen LogP contribution < -0.4 is 4.72 Å². The van der Waals surface area contributed by atoms with E-state index in [1.165, 1.54) is 23.5 Å². The number of rotatable bonds is 6. The molecule has 0 aliphatic carbocycles. The molecular weight excluding hydrogens is 417 g/mol. The molecule has 1 aromatic carbocycles. The maximum absolute atomic E-state index is 12.5. The molecule has 0 spiro atoms. The lowest BCUT2D eigenvalue weighted by Gasteiger charge is -2.12. The summed E-state index contributed by atoms with van der Waals surface area (Å²) in [7, 11) is -3.91. The van der Waals surface area contributed by atoms with Gasteiger partial charge in [-0.2, -0.15) is 11.3 Å². The van der Waals surface area contributed by atoms with Crippen LogP contribution >= 0.6 is 34.5 Å². The molecule has 1 unspecified atom stereocenters. The fourth-order valence-electron chi connectivity index (χ4n) is 2.30. The Morgan fingerprint density at radius 1 is 1.23 bits per heavy atom. The highest BCUT2D eigenvalue weighted by Gasteiger charge is 2.22. The molecule has 0 saturated carbocycles. The highest BCUT2D eigenvalue weighted by atomic mass is 35.5. The largest absolute Gasteiger partial charge is 0.458 e. The SMILES string of the molecule is Cc1cc(S(=O)(=O)NCC(O)c2ccc(-c3ccsc3)o2)c(Cl)cc1Cl. The van der Waals surface area contributed by atoms with Crippen LogP contribution in [0.5, 0.6) is 0 Å². The van der Waals surface area contributed by atoms with Gasteiger partial charge in [0.05, 0.1) is 5.02 Å². The second kappa shape index (κ2) is 7.72. The summed E-state index contributed by atoms with van der Waals surface area (Å²) in [6.45, 7) is 1.43. The number of furan rings is 1. The van der Waals surface area contributed by atoms with Gasteiger partial charge in [0.25, 0.3) is 0 Å². The molecule has 138 valence electrons. The lowest BCUT2D eigenvalue weighted by Crippen LogP contribution is -2.28. The Balaban J connectivity index is 1.73. The Labute approximate surface area is 165 Å². The fourth-order valence-corrected chi connectivity index (χ4v) is 4.81. The van der Waals surface area contributed by atoms with Crippen LogP contribution in [0.3, 0.4) is 0 Å². The van der Waals surface area contributed by atoms with Gasteiger partial charge in [0.15, 0.2) is 0 Å². The van der Waals surface area contributed by atoms with Gasteiger partial charge in [-0.1, -0.05) is 23.2 Å². The number of aliphatic hydroxyl groups excluding tert-OH is 1. The van der Waals surface area contributed by atoms with Crippen LogP contribution in [0.2, 0.25) is 10.0 Å². The number of aliphatic hydroxyl groups is 1. The Kier molecular flexibility index (Phi) is 5.76. The lowest BCUT2D eigenvalue weighted by atomic mass is 10.2. The summed E-state index contributed by atoms with van der Waals surface area (Å²) in [6, 6.07) is 8.01. The summed E-state index contributed by atoms with van der Waals surface area (Å²) in [5.74, 6) is 0.881. The van der Waals surface area contributed by atoms with Crippen LogP contribution in [0.15, 0.2) is 50.4 Å². The second-order valence-electron chi connectivity index (χ2n) is 5.61. The number of hydrogen-bond acceptors (Lipinski definition) is 5. The zero-order chi connectivity index (χ0) is 18.9. The van der Waals surface area contributed by atoms with Crippen molar-refractivity contribution in [3.63, 3.8) is 0 Å². The van der Waals surface area contributed by atoms with Crippen LogP contribution in [0.4, 0.5) is 0 Å². The van der Waals surface area contributed by atoms with E-state index >= 15 is 0 Å². The number of benzene rings is 1. The normalized spacial score (nSPS) is 13.1. The van der Waals surface area contributed by atoms with E-state index < -0.39 is 16.1 Å². The molecule has 0 amide bonds. The Hall–Kier alpha value is -1.35. The molecule has 3 rings (SSSR count). The average Bonchev–Trinajstić information content (AvgIpc) is 3.26. The summed E-state index contributed by atoms with van der Waals surface area (Å²) in [4.78, 5) is -0.0910. The van der Waals surface area contributed by atoms with Gasteiger partial charge in [0.2, 0.25) is 10.0 Å². The third-order valence-corrected chi connectivity index (χ3v) is 6.71. The van der Waals surface area contributed by atoms with Gasteiger partial charge in [-0.25, -0.2) is 13.1 Å². The summed E-state index contributed by atoms with van der Waals surface area (Å²) in [5, 5.41) is 14.5. The van der Waals surface area contributed by atoms with Crippen molar-refractivity contribution in [3.8, 4) is 11.3 Å². The van der Waals surface area contributed by atoms with Gasteiger partial charge in [0, 0.05) is 22.5 Å². The third-order valence-electron chi connectivity index (χ3n) is 3.73. The molecule has 1 atom stereocenters. The fraction of sp³-hybridized carbons (Fsp3) is 0.176. The molecule has 9 heteroatoms. The van der Waals surface area contributed by atoms with Gasteiger partial charge in [-0.05, 0) is 48.2 Å². The number of halogens is 2. The predicted molar refractivity (Wildman–Crippen MR) is 103 cm³/mol. The number of nitrogens with one attached hydrogen (secondary N) is 1. The Bertz CT molecular complexity index is 1010. The van der Waals surface area contributed by atoms with E-state index in [-0.39, 0.29) is 22.2 Å². The van der Waals surface area contributed by atoms with E-state index in [9.17, 15) is 13.5 Å². The molecule has 2 heterocycles. The molecule has 5 nitrogen and oxygen atoms in total. The number of thiophene rings is 1. The van der Waals surface area contributed by atoms with Crippen LogP contribution in [-0.2, 0) is 10.0 Å². The van der Waals surface area contributed by atoms with Gasteiger partial charge in [-0.15, -0.1) is 0 Å². The minimum Gasteiger partial charge on any atom is -0.458 e. The molecule has 2 aromatic heterocycles. The zero-order valence-electron chi connectivity index (χ0n) is 13.6. The maximum Gasteiger partial charge on any atom is 0.242 e. The van der Waals surface area contributed by atoms with Crippen molar-refractivity contribution in [2.24, 2.45) is 0 Å². The maximum atomic E-state index is 12.5. The van der Waals surface area contributed by atoms with Crippen molar-refractivity contribution in [2.45, 2.75) is 17.9 Å². The number of hydrogen-bond donors (Lipinski definition) is 2. The van der Waals surface area contributed by atoms with Crippen molar-refractivity contribution >= 4 is 44.6 Å². The Morgan fingerprint density at radius 3 is 2.69 bits per heavy atom. The van der Waals surface area contributed by atoms with Crippen LogP contribution in [0.25, 0.3) is 11.3 Å². The first-order valence-electron chi connectivity index (χ1n) is 7.53. The smallest absolute Gasteiger partial charge is 0.242 e. The van der Waals surface area contributed by atoms with E-state index in [2.05, 4.69) is 4.72 Å². The van der Waals surface area contributed by atoms with E-state index in [1.54, 1.807) is 19.1 Å². The monoisotopic (exact) mass is 431 g/mol. The third kappa shape index (κ3) is 4.14. The van der Waals surface area contributed by atoms with Crippen molar-refractivity contribution < 1.29 is 17.9 Å². The minimum atomic E-state index is -3.91. The molecule has 0 aliphatic heterocycles. The highest BCUT2D eigenvalue weighted by molar-refractivity contribution is 7.89. The van der Waals surface area contributed by atoms with Gasteiger partial charge >= 0.3 is 0 Å². The van der Waals surface area contributed by atoms with Crippen LogP contribution in [0, 0.1) is 6.92 Å². The molecular formula is C17H15Cl2NO4S2. The van der Waals surface area contributed by atoms with Gasteiger partial charge in [-0.3, -0.25) is 0 Å². The molecule has 2 N–H and O–H groups in total. The van der Waals surface area contributed by atoms with Crippen molar-refractivity contribution in [3.05, 3.63) is 62.5 Å².